The van der Waals surface area contributed by atoms with Crippen LogP contribution in [0.3, 0.4) is 0 Å². The van der Waals surface area contributed by atoms with Gasteiger partial charge in [-0.25, -0.2) is 9.79 Å². The number of Topliss-reactive ketones (excluding diaryl/α,β-unsaturated/α-hetero) is 1. The number of aromatic carboxylic acids is 1. The van der Waals surface area contributed by atoms with E-state index in [1.54, 1.807) is 0 Å². The molecule has 10 nitrogen and oxygen atoms in total. The van der Waals surface area contributed by atoms with Crippen LogP contribution in [-0.2, 0) is 4.79 Å². The van der Waals surface area contributed by atoms with Crippen LogP contribution in [0.15, 0.2) is 58.5 Å². The van der Waals surface area contributed by atoms with E-state index in [1.807, 2.05) is 0 Å². The zero-order chi connectivity index (χ0) is 20.7. The van der Waals surface area contributed by atoms with Gasteiger partial charge in [-0.3, -0.25) is 9.59 Å². The molecular formula is C18H18N6O4. The molecule has 2 aromatic rings. The lowest BCUT2D eigenvalue weighted by Gasteiger charge is -2.06. The van der Waals surface area contributed by atoms with Crippen molar-refractivity contribution in [2.24, 2.45) is 27.2 Å². The molecule has 0 spiro atoms. The number of nitrogens with two attached hydrogens (primary N) is 3. The van der Waals surface area contributed by atoms with Crippen molar-refractivity contribution < 1.29 is 19.5 Å². The van der Waals surface area contributed by atoms with Crippen molar-refractivity contribution in [1.29, 1.82) is 0 Å². The average molecular weight is 382 g/mol. The third kappa shape index (κ3) is 5.95. The molecule has 8 N–H and O–H groups in total. The van der Waals surface area contributed by atoms with Gasteiger partial charge in [0, 0.05) is 11.3 Å². The van der Waals surface area contributed by atoms with Gasteiger partial charge >= 0.3 is 5.97 Å². The second-order valence-corrected chi connectivity index (χ2v) is 5.58. The van der Waals surface area contributed by atoms with Gasteiger partial charge in [-0.15, -0.1) is 0 Å². The lowest BCUT2D eigenvalue weighted by atomic mass is 10.1. The van der Waals surface area contributed by atoms with Crippen LogP contribution in [0.4, 0.5) is 11.4 Å². The van der Waals surface area contributed by atoms with E-state index in [4.69, 9.17) is 22.3 Å². The summed E-state index contributed by atoms with van der Waals surface area (Å²) in [6.07, 6.45) is -0.376. The molecule has 0 atom stereocenters. The first-order valence-electron chi connectivity index (χ1n) is 7.95. The number of nitrogens with zero attached hydrogens (tertiary/aromatic N) is 2. The van der Waals surface area contributed by atoms with Crippen molar-refractivity contribution in [3.05, 3.63) is 59.7 Å². The Kier molecular flexibility index (Phi) is 6.42. The van der Waals surface area contributed by atoms with E-state index < -0.39 is 17.7 Å². The number of guanidine groups is 2. The van der Waals surface area contributed by atoms with E-state index in [1.165, 1.54) is 48.5 Å². The van der Waals surface area contributed by atoms with E-state index in [0.29, 0.717) is 16.9 Å². The Morgan fingerprint density at radius 3 is 2.00 bits per heavy atom. The minimum absolute atomic E-state index is 0.0947. The van der Waals surface area contributed by atoms with E-state index in [9.17, 15) is 14.4 Å². The van der Waals surface area contributed by atoms with Crippen LogP contribution in [-0.4, -0.2) is 34.7 Å². The normalized spacial score (nSPS) is 10.8. The molecule has 2 aromatic carbocycles. The third-order valence-electron chi connectivity index (χ3n) is 3.41. The molecule has 2 rings (SSSR count). The summed E-state index contributed by atoms with van der Waals surface area (Å²) in [7, 11) is 0. The molecular weight excluding hydrogens is 364 g/mol. The largest absolute Gasteiger partial charge is 0.478 e. The molecule has 28 heavy (non-hydrogen) atoms. The molecule has 0 aliphatic heterocycles. The lowest BCUT2D eigenvalue weighted by molar-refractivity contribution is -0.115. The Labute approximate surface area is 159 Å². The van der Waals surface area contributed by atoms with E-state index in [-0.39, 0.29) is 23.9 Å². The molecule has 0 heterocycles. The van der Waals surface area contributed by atoms with Crippen molar-refractivity contribution in [3.8, 4) is 0 Å². The van der Waals surface area contributed by atoms with Crippen molar-refractivity contribution in [3.63, 3.8) is 0 Å². The number of carboxylic acid groups (broad SMARTS) is 1. The van der Waals surface area contributed by atoms with E-state index in [2.05, 4.69) is 15.3 Å². The van der Waals surface area contributed by atoms with E-state index >= 15 is 0 Å². The molecule has 144 valence electrons. The quantitative estimate of drug-likeness (QED) is 0.211. The van der Waals surface area contributed by atoms with Crippen molar-refractivity contribution >= 4 is 41.0 Å². The summed E-state index contributed by atoms with van der Waals surface area (Å²) in [5.41, 5.74) is 17.1. The Balaban J connectivity index is 1.97. The predicted octanol–water partition coefficient (Wildman–Crippen LogP) is 0.816. The van der Waals surface area contributed by atoms with Gasteiger partial charge in [-0.05, 0) is 48.5 Å². The molecule has 10 heteroatoms. The third-order valence-corrected chi connectivity index (χ3v) is 3.41. The fourth-order valence-electron chi connectivity index (χ4n) is 2.16. The number of nitrogens with one attached hydrogen (secondary N) is 1. The van der Waals surface area contributed by atoms with Crippen LogP contribution >= 0.6 is 0 Å². The molecule has 0 fully saturated rings. The number of carboxylic acids is 1. The Morgan fingerprint density at radius 1 is 0.893 bits per heavy atom. The molecule has 0 saturated heterocycles. The van der Waals surface area contributed by atoms with Crippen molar-refractivity contribution in [2.75, 3.05) is 5.32 Å². The van der Waals surface area contributed by atoms with Gasteiger partial charge in [0.05, 0.1) is 17.7 Å². The molecule has 0 radical (unpaired) electrons. The monoisotopic (exact) mass is 382 g/mol. The SMILES string of the molecule is NC(N)=NC(N)=Nc1ccc(C(=O)CC(=O)Nc2ccc(C(=O)O)cc2)cc1. The Bertz CT molecular complexity index is 945. The highest BCUT2D eigenvalue weighted by molar-refractivity contribution is 6.11. The van der Waals surface area contributed by atoms with Crippen molar-refractivity contribution in [1.82, 2.24) is 0 Å². The number of benzene rings is 2. The highest BCUT2D eigenvalue weighted by Gasteiger charge is 2.12. The van der Waals surface area contributed by atoms with Gasteiger partial charge in [-0.1, -0.05) is 0 Å². The molecule has 0 aromatic heterocycles. The van der Waals surface area contributed by atoms with Crippen LogP contribution in [0.1, 0.15) is 27.1 Å². The summed E-state index contributed by atoms with van der Waals surface area (Å²) in [4.78, 5) is 42.5. The van der Waals surface area contributed by atoms with Gasteiger partial charge < -0.3 is 27.6 Å². The number of ketones is 1. The number of aliphatic imine (C=N–C) groups is 2. The topological polar surface area (TPSA) is 186 Å². The summed E-state index contributed by atoms with van der Waals surface area (Å²) in [6.45, 7) is 0. The van der Waals surface area contributed by atoms with Crippen LogP contribution in [0.5, 0.6) is 0 Å². The van der Waals surface area contributed by atoms with Gasteiger partial charge in [0.15, 0.2) is 11.7 Å². The smallest absolute Gasteiger partial charge is 0.335 e. The summed E-state index contributed by atoms with van der Waals surface area (Å²) < 4.78 is 0. The fourth-order valence-corrected chi connectivity index (χ4v) is 2.16. The standard InChI is InChI=1S/C18H18N6O4/c19-17(20)24-18(21)23-13-5-1-10(2-6-13)14(25)9-15(26)22-12-7-3-11(4-8-12)16(27)28/h1-8H,9H2,(H,22,26)(H,27,28)(H6,19,20,21,23,24). The summed E-state index contributed by atoms with van der Waals surface area (Å²) in [5.74, 6) is -2.34. The number of carbonyl (C=O) groups is 3. The van der Waals surface area contributed by atoms with Crippen LogP contribution in [0.25, 0.3) is 0 Å². The summed E-state index contributed by atoms with van der Waals surface area (Å²) >= 11 is 0. The maximum atomic E-state index is 12.2. The maximum Gasteiger partial charge on any atom is 0.335 e. The fraction of sp³-hybridized carbons (Fsp3) is 0.0556. The van der Waals surface area contributed by atoms with Crippen molar-refractivity contribution in [2.45, 2.75) is 6.42 Å². The number of rotatable bonds is 6. The van der Waals surface area contributed by atoms with Crippen LogP contribution < -0.4 is 22.5 Å². The first-order valence-corrected chi connectivity index (χ1v) is 7.95. The first kappa shape index (κ1) is 20.1. The molecule has 0 unspecified atom stereocenters. The van der Waals surface area contributed by atoms with Crippen LogP contribution in [0, 0.1) is 0 Å². The molecule has 0 aliphatic carbocycles. The van der Waals surface area contributed by atoms with Crippen LogP contribution in [0.2, 0.25) is 0 Å². The highest BCUT2D eigenvalue weighted by atomic mass is 16.4. The average Bonchev–Trinajstić information content (AvgIpc) is 2.61. The van der Waals surface area contributed by atoms with Gasteiger partial charge in [-0.2, -0.15) is 4.99 Å². The highest BCUT2D eigenvalue weighted by Crippen LogP contribution is 2.15. The van der Waals surface area contributed by atoms with Gasteiger partial charge in [0.25, 0.3) is 0 Å². The number of hydrogen-bond acceptors (Lipinski definition) is 4. The minimum Gasteiger partial charge on any atom is -0.478 e. The zero-order valence-corrected chi connectivity index (χ0v) is 14.6. The Hall–Kier alpha value is -4.21. The number of amides is 1. The molecule has 0 aliphatic rings. The number of hydrogen-bond donors (Lipinski definition) is 5. The van der Waals surface area contributed by atoms with Gasteiger partial charge in [0.2, 0.25) is 11.9 Å². The summed E-state index contributed by atoms with van der Waals surface area (Å²) in [6, 6.07) is 11.7. The molecule has 0 bridgehead atoms. The number of anilines is 1. The van der Waals surface area contributed by atoms with E-state index in [0.717, 1.165) is 0 Å². The molecule has 1 amide bonds. The summed E-state index contributed by atoms with van der Waals surface area (Å²) in [5, 5.41) is 11.4. The van der Waals surface area contributed by atoms with Gasteiger partial charge in [0.1, 0.15) is 0 Å². The maximum absolute atomic E-state index is 12.2. The Morgan fingerprint density at radius 2 is 1.46 bits per heavy atom. The second-order valence-electron chi connectivity index (χ2n) is 5.58. The minimum atomic E-state index is -1.07. The second kappa shape index (κ2) is 8.94. The predicted molar refractivity (Wildman–Crippen MR) is 105 cm³/mol. The number of carbonyl (C=O) groups excluding carboxylic acids is 2. The molecule has 0 saturated carbocycles. The lowest BCUT2D eigenvalue weighted by Crippen LogP contribution is -2.26. The first-order chi connectivity index (χ1) is 13.2. The zero-order valence-electron chi connectivity index (χ0n) is 14.6.